The van der Waals surface area contributed by atoms with Crippen LogP contribution in [0.15, 0.2) is 29.2 Å². The van der Waals surface area contributed by atoms with E-state index in [-0.39, 0.29) is 22.6 Å². The second-order valence-electron chi connectivity index (χ2n) is 7.83. The predicted octanol–water partition coefficient (Wildman–Crippen LogP) is 1.25. The van der Waals surface area contributed by atoms with E-state index in [1.54, 1.807) is 0 Å². The minimum absolute atomic E-state index is 0.0148. The van der Waals surface area contributed by atoms with Crippen LogP contribution in [0.1, 0.15) is 27.7 Å². The highest BCUT2D eigenvalue weighted by Crippen LogP contribution is 2.15. The van der Waals surface area contributed by atoms with Gasteiger partial charge in [-0.25, -0.2) is 13.2 Å². The maximum absolute atomic E-state index is 12.7. The molecule has 2 N–H and O–H groups in total. The maximum Gasteiger partial charge on any atom is 0.409 e. The number of sulfonamides is 1. The molecule has 1 saturated heterocycles. The number of amides is 3. The highest BCUT2D eigenvalue weighted by atomic mass is 32.2. The lowest BCUT2D eigenvalue weighted by Crippen LogP contribution is -2.55. The molecule has 11 heteroatoms. The van der Waals surface area contributed by atoms with Gasteiger partial charge in [-0.2, -0.15) is 4.72 Å². The molecule has 0 aromatic heterocycles. The molecule has 1 heterocycles. The number of ether oxygens (including phenoxy) is 1. The lowest BCUT2D eigenvalue weighted by atomic mass is 10.2. The molecular formula is C20H30N4O6S. The number of nitrogens with one attached hydrogen (secondary N) is 2. The fraction of sp³-hybridized carbons (Fsp3) is 0.550. The summed E-state index contributed by atoms with van der Waals surface area (Å²) in [4.78, 5) is 38.8. The Balaban J connectivity index is 1.90. The van der Waals surface area contributed by atoms with Crippen molar-refractivity contribution in [3.63, 3.8) is 0 Å². The van der Waals surface area contributed by atoms with Crippen molar-refractivity contribution < 1.29 is 27.5 Å². The SMILES string of the molecule is CC(=O)Nc1ccc(S(=O)(=O)N[C@@H](C)C(=O)N2CCN(C(=O)OCC(C)C)CC2)cc1. The highest BCUT2D eigenvalue weighted by molar-refractivity contribution is 7.89. The number of hydrogen-bond donors (Lipinski definition) is 2. The van der Waals surface area contributed by atoms with E-state index in [9.17, 15) is 22.8 Å². The van der Waals surface area contributed by atoms with Crippen LogP contribution < -0.4 is 10.0 Å². The van der Waals surface area contributed by atoms with Crippen LogP contribution in [0, 0.1) is 5.92 Å². The molecular weight excluding hydrogens is 424 g/mol. The molecule has 1 aromatic carbocycles. The van der Waals surface area contributed by atoms with E-state index < -0.39 is 22.2 Å². The van der Waals surface area contributed by atoms with Crippen LogP contribution in [0.25, 0.3) is 0 Å². The largest absolute Gasteiger partial charge is 0.449 e. The van der Waals surface area contributed by atoms with Gasteiger partial charge in [0.15, 0.2) is 0 Å². The van der Waals surface area contributed by atoms with Gasteiger partial charge in [0.25, 0.3) is 0 Å². The molecule has 0 radical (unpaired) electrons. The van der Waals surface area contributed by atoms with Crippen LogP contribution in [0.5, 0.6) is 0 Å². The Hall–Kier alpha value is -2.66. The average Bonchev–Trinajstić information content (AvgIpc) is 2.71. The number of carbonyl (C=O) groups is 3. The first-order valence-electron chi connectivity index (χ1n) is 10.1. The molecule has 0 saturated carbocycles. The Kier molecular flexibility index (Phi) is 8.40. The van der Waals surface area contributed by atoms with Crippen LogP contribution in [0.3, 0.4) is 0 Å². The van der Waals surface area contributed by atoms with Crippen LogP contribution in [-0.2, 0) is 24.3 Å². The maximum atomic E-state index is 12.7. The monoisotopic (exact) mass is 454 g/mol. The molecule has 1 aliphatic rings. The number of carbonyl (C=O) groups excluding carboxylic acids is 3. The first kappa shape index (κ1) is 24.6. The standard InChI is InChI=1S/C20H30N4O6S/c1-14(2)13-30-20(27)24-11-9-23(10-12-24)19(26)15(3)22-31(28,29)18-7-5-17(6-8-18)21-16(4)25/h5-8,14-15,22H,9-13H2,1-4H3,(H,21,25)/t15-/m0/s1. The van der Waals surface area contributed by atoms with Gasteiger partial charge in [0.2, 0.25) is 21.8 Å². The van der Waals surface area contributed by atoms with Crippen molar-refractivity contribution >= 4 is 33.6 Å². The van der Waals surface area contributed by atoms with Crippen molar-refractivity contribution in [2.45, 2.75) is 38.6 Å². The van der Waals surface area contributed by atoms with E-state index in [2.05, 4.69) is 10.0 Å². The summed E-state index contributed by atoms with van der Waals surface area (Å²) in [5.41, 5.74) is 0.473. The predicted molar refractivity (Wildman–Crippen MR) is 115 cm³/mol. The summed E-state index contributed by atoms with van der Waals surface area (Å²) in [6, 6.07) is 4.68. The normalized spacial score (nSPS) is 15.5. The number of piperazine rings is 1. The molecule has 172 valence electrons. The minimum atomic E-state index is -3.92. The quantitative estimate of drug-likeness (QED) is 0.639. The third kappa shape index (κ3) is 7.21. The Bertz CT molecular complexity index is 893. The second kappa shape index (κ2) is 10.6. The summed E-state index contributed by atoms with van der Waals surface area (Å²) >= 11 is 0. The summed E-state index contributed by atoms with van der Waals surface area (Å²) in [6.45, 7) is 8.32. The van der Waals surface area contributed by atoms with Gasteiger partial charge in [0.05, 0.1) is 17.5 Å². The van der Waals surface area contributed by atoms with Crippen LogP contribution in [0.4, 0.5) is 10.5 Å². The van der Waals surface area contributed by atoms with Crippen molar-refractivity contribution in [1.29, 1.82) is 0 Å². The van der Waals surface area contributed by atoms with E-state index in [1.165, 1.54) is 47.9 Å². The molecule has 31 heavy (non-hydrogen) atoms. The zero-order valence-electron chi connectivity index (χ0n) is 18.3. The fourth-order valence-electron chi connectivity index (χ4n) is 2.98. The third-order valence-corrected chi connectivity index (χ3v) is 6.13. The Labute approximate surface area is 183 Å². The van der Waals surface area contributed by atoms with Gasteiger partial charge in [-0.05, 0) is 37.1 Å². The molecule has 1 aliphatic heterocycles. The van der Waals surface area contributed by atoms with Gasteiger partial charge in [0, 0.05) is 38.8 Å². The number of anilines is 1. The van der Waals surface area contributed by atoms with Gasteiger partial charge in [-0.3, -0.25) is 9.59 Å². The van der Waals surface area contributed by atoms with Gasteiger partial charge in [0.1, 0.15) is 0 Å². The fourth-order valence-corrected chi connectivity index (χ4v) is 4.18. The Morgan fingerprint density at radius 3 is 2.06 bits per heavy atom. The minimum Gasteiger partial charge on any atom is -0.449 e. The number of benzene rings is 1. The molecule has 10 nitrogen and oxygen atoms in total. The molecule has 0 aliphatic carbocycles. The lowest BCUT2D eigenvalue weighted by Gasteiger charge is -2.35. The third-order valence-electron chi connectivity index (χ3n) is 4.58. The van der Waals surface area contributed by atoms with Crippen molar-refractivity contribution in [2.75, 3.05) is 38.1 Å². The van der Waals surface area contributed by atoms with Crippen LogP contribution in [-0.4, -0.2) is 75.0 Å². The molecule has 3 amide bonds. The zero-order valence-corrected chi connectivity index (χ0v) is 19.1. The first-order chi connectivity index (χ1) is 14.5. The molecule has 1 atom stereocenters. The van der Waals surface area contributed by atoms with E-state index in [0.717, 1.165) is 0 Å². The van der Waals surface area contributed by atoms with Gasteiger partial charge in [-0.1, -0.05) is 13.8 Å². The second-order valence-corrected chi connectivity index (χ2v) is 9.55. The van der Waals surface area contributed by atoms with Gasteiger partial charge < -0.3 is 19.9 Å². The molecule has 1 aromatic rings. The van der Waals surface area contributed by atoms with E-state index in [0.29, 0.717) is 38.5 Å². The lowest BCUT2D eigenvalue weighted by molar-refractivity contribution is -0.134. The molecule has 0 spiro atoms. The average molecular weight is 455 g/mol. The van der Waals surface area contributed by atoms with Crippen molar-refractivity contribution in [3.8, 4) is 0 Å². The van der Waals surface area contributed by atoms with Crippen molar-refractivity contribution in [3.05, 3.63) is 24.3 Å². The number of nitrogens with zero attached hydrogens (tertiary/aromatic N) is 2. The molecule has 1 fully saturated rings. The van der Waals surface area contributed by atoms with E-state index >= 15 is 0 Å². The van der Waals surface area contributed by atoms with E-state index in [4.69, 9.17) is 4.74 Å². The Morgan fingerprint density at radius 2 is 1.55 bits per heavy atom. The van der Waals surface area contributed by atoms with Crippen molar-refractivity contribution in [2.24, 2.45) is 5.92 Å². The number of rotatable bonds is 7. The van der Waals surface area contributed by atoms with Crippen LogP contribution >= 0.6 is 0 Å². The van der Waals surface area contributed by atoms with Gasteiger partial charge in [-0.15, -0.1) is 0 Å². The van der Waals surface area contributed by atoms with Gasteiger partial charge >= 0.3 is 6.09 Å². The highest BCUT2D eigenvalue weighted by Gasteiger charge is 2.30. The summed E-state index contributed by atoms with van der Waals surface area (Å²) in [6.07, 6.45) is -0.405. The summed E-state index contributed by atoms with van der Waals surface area (Å²) in [5, 5.41) is 2.56. The topological polar surface area (TPSA) is 125 Å². The zero-order chi connectivity index (χ0) is 23.2. The van der Waals surface area contributed by atoms with E-state index in [1.807, 2.05) is 13.8 Å². The smallest absolute Gasteiger partial charge is 0.409 e. The molecule has 2 rings (SSSR count). The Morgan fingerprint density at radius 1 is 1.00 bits per heavy atom. The summed E-state index contributed by atoms with van der Waals surface area (Å²) < 4.78 is 32.8. The van der Waals surface area contributed by atoms with Crippen LogP contribution in [0.2, 0.25) is 0 Å². The summed E-state index contributed by atoms with van der Waals surface area (Å²) in [7, 11) is -3.92. The molecule has 0 unspecified atom stereocenters. The number of hydrogen-bond acceptors (Lipinski definition) is 6. The first-order valence-corrected chi connectivity index (χ1v) is 11.6. The summed E-state index contributed by atoms with van der Waals surface area (Å²) in [5.74, 6) is -0.392. The molecule has 0 bridgehead atoms. The van der Waals surface area contributed by atoms with Crippen molar-refractivity contribution in [1.82, 2.24) is 14.5 Å².